The van der Waals surface area contributed by atoms with Crippen LogP contribution in [0.4, 0.5) is 4.39 Å². The average Bonchev–Trinajstić information content (AvgIpc) is 3.27. The van der Waals surface area contributed by atoms with Crippen molar-refractivity contribution in [3.05, 3.63) is 112 Å². The molecule has 0 spiro atoms. The zero-order valence-electron chi connectivity index (χ0n) is 18.7. The highest BCUT2D eigenvalue weighted by atomic mass is 19.1. The molecule has 3 aromatic carbocycles. The average molecular weight is 457 g/mol. The number of benzene rings is 3. The van der Waals surface area contributed by atoms with E-state index < -0.39 is 6.23 Å². The fourth-order valence-electron chi connectivity index (χ4n) is 4.74. The Hall–Kier alpha value is -3.86. The van der Waals surface area contributed by atoms with Crippen LogP contribution in [0.5, 0.6) is 5.75 Å². The van der Waals surface area contributed by atoms with Crippen molar-refractivity contribution in [3.63, 3.8) is 0 Å². The fourth-order valence-corrected chi connectivity index (χ4v) is 4.74. The maximum atomic E-state index is 13.3. The van der Waals surface area contributed by atoms with Gasteiger partial charge in [0.15, 0.2) is 6.23 Å². The van der Waals surface area contributed by atoms with Crippen LogP contribution in [0.1, 0.15) is 34.2 Å². The second-order valence-electron chi connectivity index (χ2n) is 8.61. The minimum atomic E-state index is -0.418. The molecular weight excluding hydrogens is 431 g/mol. The van der Waals surface area contributed by atoms with E-state index >= 15 is 0 Å². The summed E-state index contributed by atoms with van der Waals surface area (Å²) in [5, 5.41) is 10.0. The van der Waals surface area contributed by atoms with Crippen LogP contribution in [0.3, 0.4) is 0 Å². The van der Waals surface area contributed by atoms with E-state index in [2.05, 4.69) is 41.2 Å². The Morgan fingerprint density at radius 2 is 1.76 bits per heavy atom. The van der Waals surface area contributed by atoms with E-state index in [1.54, 1.807) is 12.1 Å². The smallest absolute Gasteiger partial charge is 0.200 e. The minimum Gasteiger partial charge on any atom is -0.489 e. The summed E-state index contributed by atoms with van der Waals surface area (Å²) in [5.74, 6) is -0.0456. The molecule has 0 saturated carbocycles. The highest BCUT2D eigenvalue weighted by molar-refractivity contribution is 5.48. The van der Waals surface area contributed by atoms with Gasteiger partial charge < -0.3 is 15.2 Å². The van der Waals surface area contributed by atoms with Gasteiger partial charge in [0.1, 0.15) is 24.2 Å². The molecule has 4 unspecified atom stereocenters. The van der Waals surface area contributed by atoms with Crippen molar-refractivity contribution in [1.29, 1.82) is 5.26 Å². The second-order valence-corrected chi connectivity index (χ2v) is 8.61. The van der Waals surface area contributed by atoms with Crippen molar-refractivity contribution in [2.24, 2.45) is 11.7 Å². The number of ether oxygens (including phenoxy) is 2. The number of rotatable bonds is 5. The lowest BCUT2D eigenvalue weighted by Crippen LogP contribution is -2.41. The van der Waals surface area contributed by atoms with Gasteiger partial charge >= 0.3 is 0 Å². The van der Waals surface area contributed by atoms with Crippen molar-refractivity contribution >= 4 is 0 Å². The summed E-state index contributed by atoms with van der Waals surface area (Å²) < 4.78 is 25.4. The number of halogens is 1. The van der Waals surface area contributed by atoms with E-state index in [1.165, 1.54) is 17.7 Å². The van der Waals surface area contributed by atoms with Gasteiger partial charge in [-0.3, -0.25) is 0 Å². The Balaban J connectivity index is 1.53. The van der Waals surface area contributed by atoms with E-state index in [1.807, 2.05) is 31.2 Å². The monoisotopic (exact) mass is 456 g/mol. The van der Waals surface area contributed by atoms with Crippen LogP contribution in [0.25, 0.3) is 0 Å². The molecule has 2 heterocycles. The summed E-state index contributed by atoms with van der Waals surface area (Å²) in [6, 6.07) is 24.3. The third-order valence-corrected chi connectivity index (χ3v) is 6.45. The van der Waals surface area contributed by atoms with Crippen LogP contribution in [-0.4, -0.2) is 6.23 Å². The summed E-state index contributed by atoms with van der Waals surface area (Å²) in [7, 11) is 0. The molecule has 0 radical (unpaired) electrons. The number of hydrogen-bond acceptors (Lipinski definition) is 6. The first-order valence-electron chi connectivity index (χ1n) is 11.2. The second kappa shape index (κ2) is 9.18. The van der Waals surface area contributed by atoms with E-state index in [0.29, 0.717) is 11.3 Å². The van der Waals surface area contributed by atoms with Gasteiger partial charge in [-0.1, -0.05) is 60.2 Å². The van der Waals surface area contributed by atoms with Crippen molar-refractivity contribution in [2.75, 3.05) is 0 Å². The highest BCUT2D eigenvalue weighted by Crippen LogP contribution is 2.49. The summed E-state index contributed by atoms with van der Waals surface area (Å²) in [4.78, 5) is 0. The highest BCUT2D eigenvalue weighted by Gasteiger charge is 2.49. The van der Waals surface area contributed by atoms with Gasteiger partial charge in [-0.2, -0.15) is 5.26 Å². The van der Waals surface area contributed by atoms with Gasteiger partial charge in [0, 0.05) is 17.4 Å². The summed E-state index contributed by atoms with van der Waals surface area (Å²) in [6.07, 6.45) is -0.418. The van der Waals surface area contributed by atoms with Crippen molar-refractivity contribution in [3.8, 4) is 11.8 Å². The third-order valence-electron chi connectivity index (χ3n) is 6.45. The van der Waals surface area contributed by atoms with E-state index in [4.69, 9.17) is 15.2 Å². The molecule has 0 aromatic heterocycles. The first-order valence-corrected chi connectivity index (χ1v) is 11.2. The largest absolute Gasteiger partial charge is 0.489 e. The molecule has 0 bridgehead atoms. The predicted molar refractivity (Wildman–Crippen MR) is 125 cm³/mol. The molecule has 6 nitrogen and oxygen atoms in total. The van der Waals surface area contributed by atoms with Gasteiger partial charge in [-0.05, 0) is 36.2 Å². The van der Waals surface area contributed by atoms with Gasteiger partial charge in [-0.25, -0.2) is 15.2 Å². The molecule has 7 heteroatoms. The Bertz CT molecular complexity index is 1250. The molecule has 2 aliphatic rings. The molecule has 5 rings (SSSR count). The Morgan fingerprint density at radius 1 is 1.03 bits per heavy atom. The molecule has 4 N–H and O–H groups in total. The molecule has 0 aliphatic carbocycles. The lowest BCUT2D eigenvalue weighted by Gasteiger charge is -2.36. The first-order chi connectivity index (χ1) is 16.5. The number of hydrazine groups is 1. The minimum absolute atomic E-state index is 0.112. The van der Waals surface area contributed by atoms with Crippen molar-refractivity contribution < 1.29 is 13.9 Å². The van der Waals surface area contributed by atoms with Crippen molar-refractivity contribution in [2.45, 2.75) is 31.7 Å². The Labute approximate surface area is 197 Å². The Morgan fingerprint density at radius 3 is 2.50 bits per heavy atom. The van der Waals surface area contributed by atoms with Gasteiger partial charge in [-0.15, -0.1) is 0 Å². The van der Waals surface area contributed by atoms with Gasteiger partial charge in [0.05, 0.1) is 11.6 Å². The first kappa shape index (κ1) is 22.0. The number of nitrogens with one attached hydrogen (secondary N) is 2. The lowest BCUT2D eigenvalue weighted by molar-refractivity contribution is 0.0336. The fraction of sp³-hybridized carbons (Fsp3) is 0.222. The molecular formula is C27H25FN4O2. The molecule has 1 fully saturated rings. The predicted octanol–water partition coefficient (Wildman–Crippen LogP) is 4.31. The normalized spacial score (nSPS) is 23.7. The van der Waals surface area contributed by atoms with Gasteiger partial charge in [0.2, 0.25) is 5.88 Å². The SMILES string of the molecule is Cc1ccc(C2NNC3OC(N)=C(C#N)C(c4ccccc4OCc4ccc(F)cc4)C32)cc1. The van der Waals surface area contributed by atoms with E-state index in [-0.39, 0.29) is 36.2 Å². The number of nitrogens with two attached hydrogens (primary N) is 1. The van der Waals surface area contributed by atoms with Crippen LogP contribution < -0.4 is 21.3 Å². The van der Waals surface area contributed by atoms with Crippen LogP contribution in [-0.2, 0) is 11.3 Å². The standard InChI is InChI=1S/C27H25FN4O2/c1-16-6-10-18(11-7-16)25-24-23(21(14-29)26(30)34-27(24)32-31-25)20-4-2-3-5-22(20)33-15-17-8-12-19(28)13-9-17/h2-13,23-25,27,31-32H,15,30H2,1H3. The van der Waals surface area contributed by atoms with Crippen LogP contribution in [0, 0.1) is 30.0 Å². The molecule has 4 atom stereocenters. The lowest BCUT2D eigenvalue weighted by atomic mass is 9.74. The maximum absolute atomic E-state index is 13.3. The Kier molecular flexibility index (Phi) is 5.93. The molecule has 2 aliphatic heterocycles. The number of aryl methyl sites for hydroxylation is 1. The number of hydrogen-bond donors (Lipinski definition) is 3. The summed E-state index contributed by atoms with van der Waals surface area (Å²) in [5.41, 5.74) is 17.1. The van der Waals surface area contributed by atoms with Crippen LogP contribution in [0.15, 0.2) is 84.3 Å². The maximum Gasteiger partial charge on any atom is 0.200 e. The van der Waals surface area contributed by atoms with E-state index in [0.717, 1.165) is 16.7 Å². The number of fused-ring (bicyclic) bond motifs is 1. The van der Waals surface area contributed by atoms with Crippen molar-refractivity contribution in [1.82, 2.24) is 10.9 Å². The number of para-hydroxylation sites is 1. The molecule has 1 saturated heterocycles. The molecule has 0 amide bonds. The topological polar surface area (TPSA) is 92.3 Å². The summed E-state index contributed by atoms with van der Waals surface area (Å²) >= 11 is 0. The molecule has 3 aromatic rings. The number of nitrogens with zero attached hydrogens (tertiary/aromatic N) is 1. The van der Waals surface area contributed by atoms with Gasteiger partial charge in [0.25, 0.3) is 0 Å². The summed E-state index contributed by atoms with van der Waals surface area (Å²) in [6.45, 7) is 2.32. The number of nitriles is 1. The quantitative estimate of drug-likeness (QED) is 0.530. The number of allylic oxidation sites excluding steroid dienone is 1. The van der Waals surface area contributed by atoms with E-state index in [9.17, 15) is 9.65 Å². The zero-order chi connectivity index (χ0) is 23.7. The van der Waals surface area contributed by atoms with Crippen LogP contribution >= 0.6 is 0 Å². The molecule has 172 valence electrons. The zero-order valence-corrected chi connectivity index (χ0v) is 18.7. The third kappa shape index (κ3) is 4.10. The van der Waals surface area contributed by atoms with Crippen LogP contribution in [0.2, 0.25) is 0 Å². The molecule has 34 heavy (non-hydrogen) atoms.